The van der Waals surface area contributed by atoms with E-state index in [2.05, 4.69) is 5.32 Å². The Morgan fingerprint density at radius 1 is 0.939 bits per heavy atom. The topological polar surface area (TPSA) is 73.9 Å². The van der Waals surface area contributed by atoms with Crippen molar-refractivity contribution in [3.05, 3.63) is 65.4 Å². The number of hydrogen-bond acceptors (Lipinski definition) is 6. The van der Waals surface area contributed by atoms with Gasteiger partial charge in [0, 0.05) is 17.7 Å². The fourth-order valence-corrected chi connectivity index (χ4v) is 4.35. The molecule has 0 atom stereocenters. The second-order valence-corrected chi connectivity index (χ2v) is 8.50. The monoisotopic (exact) mass is 449 g/mol. The van der Waals surface area contributed by atoms with E-state index in [1.807, 2.05) is 0 Å². The molecule has 0 bridgehead atoms. The van der Waals surface area contributed by atoms with Crippen LogP contribution < -0.4 is 19.5 Å². The molecule has 0 radical (unpaired) electrons. The molecule has 6 nitrogen and oxygen atoms in total. The summed E-state index contributed by atoms with van der Waals surface area (Å²) in [6, 6.07) is 12.6. The highest BCUT2D eigenvalue weighted by molar-refractivity contribution is 6.24. The van der Waals surface area contributed by atoms with Gasteiger partial charge in [-0.2, -0.15) is 0 Å². The minimum absolute atomic E-state index is 0.00334. The Balaban J connectivity index is 1.33. The van der Waals surface area contributed by atoms with Gasteiger partial charge in [0.25, 0.3) is 0 Å². The Morgan fingerprint density at radius 2 is 1.70 bits per heavy atom. The normalized spacial score (nSPS) is 16.2. The third kappa shape index (κ3) is 5.82. The summed E-state index contributed by atoms with van der Waals surface area (Å²) in [5.41, 5.74) is 0.618. The molecular formula is C27H31NO5. The van der Waals surface area contributed by atoms with Gasteiger partial charge in [0.05, 0.1) is 19.3 Å². The van der Waals surface area contributed by atoms with E-state index in [1.165, 1.54) is 38.2 Å². The maximum Gasteiger partial charge on any atom is 0.229 e. The minimum atomic E-state index is -0.331. The van der Waals surface area contributed by atoms with Crippen LogP contribution in [0.1, 0.15) is 65.7 Å². The fraction of sp³-hybridized carbons (Fsp3) is 0.407. The van der Waals surface area contributed by atoms with E-state index in [4.69, 9.17) is 14.2 Å². The van der Waals surface area contributed by atoms with Crippen molar-refractivity contribution in [2.75, 3.05) is 20.3 Å². The van der Waals surface area contributed by atoms with Crippen molar-refractivity contribution in [3.8, 4) is 17.2 Å². The van der Waals surface area contributed by atoms with Gasteiger partial charge in [0.1, 0.15) is 17.2 Å². The molecule has 0 heterocycles. The quantitative estimate of drug-likeness (QED) is 0.508. The second-order valence-electron chi connectivity index (χ2n) is 8.50. The van der Waals surface area contributed by atoms with Gasteiger partial charge in [-0.25, -0.2) is 0 Å². The number of rotatable bonds is 10. The molecule has 2 aromatic carbocycles. The Labute approximate surface area is 194 Å². The summed E-state index contributed by atoms with van der Waals surface area (Å²) in [6.07, 6.45) is 9.71. The van der Waals surface area contributed by atoms with Gasteiger partial charge in [0.15, 0.2) is 11.5 Å². The lowest BCUT2D eigenvalue weighted by Gasteiger charge is -2.22. The fourth-order valence-electron chi connectivity index (χ4n) is 4.35. The minimum Gasteiger partial charge on any atom is -0.497 e. The SMILES string of the molecule is COc1ccc(OC2=CC(=O)c3c(OCCCCNC4CCCCC4)cccc3C2=O)cc1. The maximum atomic E-state index is 13.0. The van der Waals surface area contributed by atoms with Gasteiger partial charge in [-0.3, -0.25) is 9.59 Å². The number of ether oxygens (including phenoxy) is 3. The summed E-state index contributed by atoms with van der Waals surface area (Å²) in [5, 5.41) is 3.63. The number of carbonyl (C=O) groups excluding carboxylic acids is 2. The molecule has 33 heavy (non-hydrogen) atoms. The van der Waals surface area contributed by atoms with Crippen LogP contribution in [0.5, 0.6) is 17.2 Å². The number of carbonyl (C=O) groups is 2. The molecular weight excluding hydrogens is 418 g/mol. The molecule has 0 aromatic heterocycles. The van der Waals surface area contributed by atoms with Crippen LogP contribution in [0.15, 0.2) is 54.3 Å². The number of benzene rings is 2. The highest BCUT2D eigenvalue weighted by Gasteiger charge is 2.30. The maximum absolute atomic E-state index is 13.0. The van der Waals surface area contributed by atoms with E-state index in [0.717, 1.165) is 19.4 Å². The molecule has 6 heteroatoms. The molecule has 4 rings (SSSR count). The Bertz CT molecular complexity index is 1010. The van der Waals surface area contributed by atoms with E-state index in [9.17, 15) is 9.59 Å². The summed E-state index contributed by atoms with van der Waals surface area (Å²) in [5.74, 6) is 0.972. The van der Waals surface area contributed by atoms with Crippen LogP contribution in [0.3, 0.4) is 0 Å². The standard InChI is InChI=1S/C27H31NO5/c1-31-20-12-14-21(15-13-20)33-25-18-23(29)26-22(27(25)30)10-7-11-24(26)32-17-6-5-16-28-19-8-3-2-4-9-19/h7,10-15,18-19,28H,2-6,8-9,16-17H2,1H3. The molecule has 2 aromatic rings. The molecule has 1 fully saturated rings. The second kappa shape index (κ2) is 11.1. The van der Waals surface area contributed by atoms with Crippen LogP contribution >= 0.6 is 0 Å². The Hall–Kier alpha value is -3.12. The van der Waals surface area contributed by atoms with Gasteiger partial charge in [0.2, 0.25) is 5.78 Å². The van der Waals surface area contributed by atoms with Gasteiger partial charge in [-0.15, -0.1) is 0 Å². The lowest BCUT2D eigenvalue weighted by atomic mass is 9.92. The van der Waals surface area contributed by atoms with E-state index >= 15 is 0 Å². The largest absolute Gasteiger partial charge is 0.497 e. The average molecular weight is 450 g/mol. The summed E-state index contributed by atoms with van der Waals surface area (Å²) >= 11 is 0. The smallest absolute Gasteiger partial charge is 0.229 e. The van der Waals surface area contributed by atoms with Crippen molar-refractivity contribution in [2.24, 2.45) is 0 Å². The van der Waals surface area contributed by atoms with E-state index in [1.54, 1.807) is 49.6 Å². The van der Waals surface area contributed by atoms with Crippen molar-refractivity contribution >= 4 is 11.6 Å². The number of allylic oxidation sites excluding steroid dienone is 2. The van der Waals surface area contributed by atoms with Crippen LogP contribution in [0.4, 0.5) is 0 Å². The number of nitrogens with one attached hydrogen (secondary N) is 1. The van der Waals surface area contributed by atoms with Crippen LogP contribution in [0.25, 0.3) is 0 Å². The molecule has 174 valence electrons. The van der Waals surface area contributed by atoms with E-state index in [-0.39, 0.29) is 17.3 Å². The molecule has 2 aliphatic carbocycles. The van der Waals surface area contributed by atoms with Gasteiger partial charge in [-0.05, 0) is 68.6 Å². The average Bonchev–Trinajstić information content (AvgIpc) is 2.85. The van der Waals surface area contributed by atoms with Crippen molar-refractivity contribution in [2.45, 2.75) is 51.0 Å². The predicted molar refractivity (Wildman–Crippen MR) is 126 cm³/mol. The number of fused-ring (bicyclic) bond motifs is 1. The predicted octanol–water partition coefficient (Wildman–Crippen LogP) is 5.12. The number of hydrogen-bond donors (Lipinski definition) is 1. The van der Waals surface area contributed by atoms with Crippen molar-refractivity contribution in [3.63, 3.8) is 0 Å². The summed E-state index contributed by atoms with van der Waals surface area (Å²) < 4.78 is 16.7. The first-order chi connectivity index (χ1) is 16.2. The molecule has 0 saturated heterocycles. The Morgan fingerprint density at radius 3 is 2.45 bits per heavy atom. The number of unbranched alkanes of at least 4 members (excludes halogenated alkanes) is 1. The van der Waals surface area contributed by atoms with Gasteiger partial charge >= 0.3 is 0 Å². The number of Topliss-reactive ketones (excluding diaryl/α,β-unsaturated/α-hetero) is 1. The molecule has 2 aliphatic rings. The van der Waals surface area contributed by atoms with Crippen molar-refractivity contribution in [1.82, 2.24) is 5.32 Å². The molecule has 0 spiro atoms. The third-order valence-corrected chi connectivity index (χ3v) is 6.16. The van der Waals surface area contributed by atoms with E-state index in [0.29, 0.717) is 41.0 Å². The van der Waals surface area contributed by atoms with Gasteiger partial charge in [-0.1, -0.05) is 25.3 Å². The van der Waals surface area contributed by atoms with E-state index < -0.39 is 0 Å². The lowest BCUT2D eigenvalue weighted by molar-refractivity contribution is 0.0944. The highest BCUT2D eigenvalue weighted by atomic mass is 16.5. The number of ketones is 2. The third-order valence-electron chi connectivity index (χ3n) is 6.16. The summed E-state index contributed by atoms with van der Waals surface area (Å²) in [6.45, 7) is 1.48. The first-order valence-corrected chi connectivity index (χ1v) is 11.8. The van der Waals surface area contributed by atoms with Crippen molar-refractivity contribution < 1.29 is 23.8 Å². The van der Waals surface area contributed by atoms with Crippen LogP contribution in [-0.4, -0.2) is 37.9 Å². The van der Waals surface area contributed by atoms with Crippen LogP contribution in [-0.2, 0) is 0 Å². The Kier molecular flexibility index (Phi) is 7.79. The van der Waals surface area contributed by atoms with Crippen LogP contribution in [0, 0.1) is 0 Å². The highest BCUT2D eigenvalue weighted by Crippen LogP contribution is 2.31. The first kappa shape index (κ1) is 23.1. The zero-order chi connectivity index (χ0) is 23.0. The molecule has 0 aliphatic heterocycles. The first-order valence-electron chi connectivity index (χ1n) is 11.8. The van der Waals surface area contributed by atoms with Crippen molar-refractivity contribution in [1.29, 1.82) is 0 Å². The zero-order valence-electron chi connectivity index (χ0n) is 19.1. The molecule has 1 N–H and O–H groups in total. The summed E-state index contributed by atoms with van der Waals surface area (Å²) in [7, 11) is 1.58. The molecule has 0 amide bonds. The summed E-state index contributed by atoms with van der Waals surface area (Å²) in [4.78, 5) is 25.8. The number of methoxy groups -OCH3 is 1. The van der Waals surface area contributed by atoms with Crippen LogP contribution in [0.2, 0.25) is 0 Å². The van der Waals surface area contributed by atoms with Gasteiger partial charge < -0.3 is 19.5 Å². The lowest BCUT2D eigenvalue weighted by Crippen LogP contribution is -2.31. The molecule has 1 saturated carbocycles. The zero-order valence-corrected chi connectivity index (χ0v) is 19.1. The molecule has 0 unspecified atom stereocenters.